The smallest absolute Gasteiger partial charge is 0.306 e. The second-order valence-electron chi connectivity index (χ2n) is 4.83. The highest BCUT2D eigenvalue weighted by atomic mass is 79.9. The van der Waals surface area contributed by atoms with Crippen molar-refractivity contribution >= 4 is 33.5 Å². The minimum atomic E-state index is -0.848. The predicted octanol–water partition coefficient (Wildman–Crippen LogP) is 2.29. The topological polar surface area (TPSA) is 101 Å². The van der Waals surface area contributed by atoms with Crippen LogP contribution >= 0.6 is 15.9 Å². The van der Waals surface area contributed by atoms with E-state index in [1.54, 1.807) is 0 Å². The molecule has 0 aliphatic carbocycles. The van der Waals surface area contributed by atoms with Crippen LogP contribution < -0.4 is 0 Å². The van der Waals surface area contributed by atoms with Crippen molar-refractivity contribution in [2.24, 2.45) is 5.92 Å². The number of aliphatic carboxylic acids is 1. The van der Waals surface area contributed by atoms with Crippen LogP contribution in [0.4, 0.5) is 5.69 Å². The first-order valence-corrected chi connectivity index (χ1v) is 7.15. The number of carbonyl (C=O) groups excluding carboxylic acids is 1. The minimum absolute atomic E-state index is 0.151. The first-order chi connectivity index (χ1) is 9.90. The van der Waals surface area contributed by atoms with Gasteiger partial charge in [0.05, 0.1) is 16.4 Å². The molecule has 0 atom stereocenters. The molecule has 0 unspecified atom stereocenters. The maximum Gasteiger partial charge on any atom is 0.306 e. The zero-order valence-electron chi connectivity index (χ0n) is 11.0. The summed E-state index contributed by atoms with van der Waals surface area (Å²) in [6.45, 7) is 0.676. The molecule has 1 saturated heterocycles. The zero-order valence-corrected chi connectivity index (χ0v) is 12.6. The Labute approximate surface area is 128 Å². The molecule has 1 aromatic carbocycles. The van der Waals surface area contributed by atoms with Crippen LogP contribution in [-0.4, -0.2) is 39.9 Å². The molecule has 7 nitrogen and oxygen atoms in total. The number of benzene rings is 1. The second-order valence-corrected chi connectivity index (χ2v) is 5.68. The predicted molar refractivity (Wildman–Crippen MR) is 77.1 cm³/mol. The van der Waals surface area contributed by atoms with Gasteiger partial charge in [-0.1, -0.05) is 0 Å². The van der Waals surface area contributed by atoms with Crippen LogP contribution in [0.5, 0.6) is 0 Å². The quantitative estimate of drug-likeness (QED) is 0.661. The van der Waals surface area contributed by atoms with Gasteiger partial charge in [0, 0.05) is 29.7 Å². The number of carbonyl (C=O) groups is 2. The highest BCUT2D eigenvalue weighted by molar-refractivity contribution is 9.10. The summed E-state index contributed by atoms with van der Waals surface area (Å²) in [4.78, 5) is 35.0. The molecule has 21 heavy (non-hydrogen) atoms. The molecule has 0 bridgehead atoms. The van der Waals surface area contributed by atoms with Crippen molar-refractivity contribution in [3.63, 3.8) is 0 Å². The molecule has 1 fully saturated rings. The number of rotatable bonds is 3. The molecule has 1 N–H and O–H groups in total. The van der Waals surface area contributed by atoms with Gasteiger partial charge in [-0.25, -0.2) is 0 Å². The number of nitrogens with zero attached hydrogens (tertiary/aromatic N) is 2. The number of nitro groups is 1. The Morgan fingerprint density at radius 2 is 1.95 bits per heavy atom. The molecule has 8 heteroatoms. The fraction of sp³-hybridized carbons (Fsp3) is 0.385. The molecular weight excluding hydrogens is 344 g/mol. The Bertz CT molecular complexity index is 596. The van der Waals surface area contributed by atoms with Gasteiger partial charge in [0.25, 0.3) is 11.6 Å². The Balaban J connectivity index is 2.16. The summed E-state index contributed by atoms with van der Waals surface area (Å²) in [6.07, 6.45) is 0.793. The van der Waals surface area contributed by atoms with Gasteiger partial charge in [-0.05, 0) is 34.8 Å². The summed E-state index contributed by atoms with van der Waals surface area (Å²) in [6, 6.07) is 4.02. The molecule has 0 aromatic heterocycles. The maximum atomic E-state index is 12.4. The number of carboxylic acid groups (broad SMARTS) is 1. The fourth-order valence-electron chi connectivity index (χ4n) is 2.29. The molecule has 2 rings (SSSR count). The van der Waals surface area contributed by atoms with E-state index < -0.39 is 16.8 Å². The van der Waals surface area contributed by atoms with Crippen LogP contribution in [0.15, 0.2) is 22.7 Å². The number of hydrogen-bond donors (Lipinski definition) is 1. The third kappa shape index (κ3) is 3.38. The van der Waals surface area contributed by atoms with Crippen molar-refractivity contribution in [1.82, 2.24) is 4.90 Å². The molecule has 0 spiro atoms. The van der Waals surface area contributed by atoms with Crippen LogP contribution in [0.1, 0.15) is 23.2 Å². The average Bonchev–Trinajstić information content (AvgIpc) is 2.47. The summed E-state index contributed by atoms with van der Waals surface area (Å²) in [7, 11) is 0. The molecular formula is C13H13BrN2O5. The average molecular weight is 357 g/mol. The number of piperidine rings is 1. The third-order valence-corrected chi connectivity index (χ3v) is 4.21. The van der Waals surface area contributed by atoms with Crippen LogP contribution in [0.2, 0.25) is 0 Å². The Hall–Kier alpha value is -1.96. The van der Waals surface area contributed by atoms with E-state index in [0.717, 1.165) is 0 Å². The van der Waals surface area contributed by atoms with E-state index in [9.17, 15) is 19.7 Å². The Morgan fingerprint density at radius 3 is 2.48 bits per heavy atom. The number of halogens is 1. The van der Waals surface area contributed by atoms with Gasteiger partial charge in [0.2, 0.25) is 0 Å². The molecule has 1 amide bonds. The summed E-state index contributed by atoms with van der Waals surface area (Å²) < 4.78 is 0.485. The molecule has 0 saturated carbocycles. The molecule has 112 valence electrons. The summed E-state index contributed by atoms with van der Waals surface area (Å²) in [5.41, 5.74) is 0.0694. The normalized spacial score (nSPS) is 15.8. The number of carboxylic acids is 1. The summed E-state index contributed by atoms with van der Waals surface area (Å²) in [5, 5.41) is 19.7. The first kappa shape index (κ1) is 15.4. The molecule has 1 aliphatic heterocycles. The third-order valence-electron chi connectivity index (χ3n) is 3.52. The highest BCUT2D eigenvalue weighted by Crippen LogP contribution is 2.26. The lowest BCUT2D eigenvalue weighted by atomic mass is 9.96. The Kier molecular flexibility index (Phi) is 4.56. The fourth-order valence-corrected chi connectivity index (χ4v) is 2.71. The number of likely N-dealkylation sites (tertiary alicyclic amines) is 1. The van der Waals surface area contributed by atoms with E-state index >= 15 is 0 Å². The van der Waals surface area contributed by atoms with Crippen molar-refractivity contribution in [3.8, 4) is 0 Å². The number of non-ortho nitro benzene ring substituents is 1. The highest BCUT2D eigenvalue weighted by Gasteiger charge is 2.28. The van der Waals surface area contributed by atoms with E-state index in [1.807, 2.05) is 0 Å². The van der Waals surface area contributed by atoms with Gasteiger partial charge in [0.1, 0.15) is 0 Å². The van der Waals surface area contributed by atoms with Crippen molar-refractivity contribution < 1.29 is 19.6 Å². The van der Waals surface area contributed by atoms with Gasteiger partial charge in [-0.2, -0.15) is 0 Å². The monoisotopic (exact) mass is 356 g/mol. The summed E-state index contributed by atoms with van der Waals surface area (Å²) >= 11 is 3.22. The molecule has 0 radical (unpaired) electrons. The number of amides is 1. The van der Waals surface area contributed by atoms with E-state index in [2.05, 4.69) is 15.9 Å². The van der Waals surface area contributed by atoms with E-state index in [4.69, 9.17) is 5.11 Å². The molecule has 1 aliphatic rings. The van der Waals surface area contributed by atoms with Gasteiger partial charge in [-0.3, -0.25) is 19.7 Å². The van der Waals surface area contributed by atoms with E-state index in [1.165, 1.54) is 23.1 Å². The zero-order chi connectivity index (χ0) is 15.6. The van der Waals surface area contributed by atoms with Crippen molar-refractivity contribution in [2.75, 3.05) is 13.1 Å². The van der Waals surface area contributed by atoms with Gasteiger partial charge in [-0.15, -0.1) is 0 Å². The lowest BCUT2D eigenvalue weighted by Crippen LogP contribution is -2.40. The standard InChI is InChI=1S/C13H13BrN2O5/c14-11-2-1-9(16(20)21)7-10(11)12(17)15-5-3-8(4-6-15)13(18)19/h1-2,7-8H,3-6H2,(H,18,19). The number of hydrogen-bond acceptors (Lipinski definition) is 4. The lowest BCUT2D eigenvalue weighted by Gasteiger charge is -2.30. The van der Waals surface area contributed by atoms with Crippen LogP contribution in [-0.2, 0) is 4.79 Å². The van der Waals surface area contributed by atoms with Crippen molar-refractivity contribution in [1.29, 1.82) is 0 Å². The van der Waals surface area contributed by atoms with Crippen LogP contribution in [0.25, 0.3) is 0 Å². The number of nitro benzene ring substituents is 1. The van der Waals surface area contributed by atoms with E-state index in [-0.39, 0.29) is 17.2 Å². The van der Waals surface area contributed by atoms with Crippen LogP contribution in [0, 0.1) is 16.0 Å². The van der Waals surface area contributed by atoms with Crippen molar-refractivity contribution in [3.05, 3.63) is 38.3 Å². The Morgan fingerprint density at radius 1 is 1.33 bits per heavy atom. The molecule has 1 aromatic rings. The maximum absolute atomic E-state index is 12.4. The van der Waals surface area contributed by atoms with Crippen molar-refractivity contribution in [2.45, 2.75) is 12.8 Å². The largest absolute Gasteiger partial charge is 0.481 e. The van der Waals surface area contributed by atoms with E-state index in [0.29, 0.717) is 30.4 Å². The minimum Gasteiger partial charge on any atom is -0.481 e. The first-order valence-electron chi connectivity index (χ1n) is 6.36. The molecule has 1 heterocycles. The van der Waals surface area contributed by atoms with Gasteiger partial charge in [0.15, 0.2) is 0 Å². The SMILES string of the molecule is O=C(O)C1CCN(C(=O)c2cc([N+](=O)[O-])ccc2Br)CC1. The summed E-state index contributed by atoms with van der Waals surface area (Å²) in [5.74, 6) is -1.60. The van der Waals surface area contributed by atoms with Gasteiger partial charge < -0.3 is 10.0 Å². The van der Waals surface area contributed by atoms with Gasteiger partial charge >= 0.3 is 5.97 Å². The van der Waals surface area contributed by atoms with Crippen LogP contribution in [0.3, 0.4) is 0 Å². The second kappa shape index (κ2) is 6.21. The lowest BCUT2D eigenvalue weighted by molar-refractivity contribution is -0.384.